The lowest BCUT2D eigenvalue weighted by atomic mass is 10.1. The highest BCUT2D eigenvalue weighted by Crippen LogP contribution is 2.34. The van der Waals surface area contributed by atoms with Gasteiger partial charge in [-0.25, -0.2) is 0 Å². The van der Waals surface area contributed by atoms with E-state index in [-0.39, 0.29) is 11.3 Å². The molecule has 0 amide bonds. The van der Waals surface area contributed by atoms with E-state index in [4.69, 9.17) is 4.74 Å². The van der Waals surface area contributed by atoms with E-state index in [0.717, 1.165) is 12.1 Å². The van der Waals surface area contributed by atoms with Gasteiger partial charge >= 0.3 is 6.18 Å². The highest BCUT2D eigenvalue weighted by atomic mass is 19.4. The number of nitrogens with one attached hydrogen (secondary N) is 1. The van der Waals surface area contributed by atoms with Gasteiger partial charge in [-0.2, -0.15) is 18.4 Å². The molecule has 0 atom stereocenters. The van der Waals surface area contributed by atoms with Gasteiger partial charge < -0.3 is 10.1 Å². The Bertz CT molecular complexity index is 977. The number of aromatic nitrogens is 1. The number of fused-ring (bicyclic) bond motifs is 1. The minimum atomic E-state index is -4.44. The second-order valence-electron chi connectivity index (χ2n) is 5.25. The van der Waals surface area contributed by atoms with Crippen molar-refractivity contribution in [2.45, 2.75) is 6.18 Å². The number of nitriles is 1. The zero-order chi connectivity index (χ0) is 18.0. The number of anilines is 2. The maximum absolute atomic E-state index is 12.9. The summed E-state index contributed by atoms with van der Waals surface area (Å²) < 4.78 is 43.8. The largest absolute Gasteiger partial charge is 0.497 e. The molecule has 0 saturated heterocycles. The van der Waals surface area contributed by atoms with Gasteiger partial charge in [-0.1, -0.05) is 6.07 Å². The quantitative estimate of drug-likeness (QED) is 0.736. The number of pyridine rings is 1. The molecule has 2 aromatic carbocycles. The zero-order valence-electron chi connectivity index (χ0n) is 13.1. The van der Waals surface area contributed by atoms with Crippen LogP contribution in [0.5, 0.6) is 5.75 Å². The van der Waals surface area contributed by atoms with Crippen molar-refractivity contribution >= 4 is 22.3 Å². The summed E-state index contributed by atoms with van der Waals surface area (Å²) >= 11 is 0. The van der Waals surface area contributed by atoms with E-state index >= 15 is 0 Å². The molecule has 0 radical (unpaired) electrons. The van der Waals surface area contributed by atoms with Gasteiger partial charge in [-0.05, 0) is 30.3 Å². The lowest BCUT2D eigenvalue weighted by Gasteiger charge is -2.14. The molecule has 4 nitrogen and oxygen atoms in total. The number of methoxy groups -OCH3 is 1. The molecule has 0 aliphatic rings. The SMILES string of the molecule is COc1ccc2c(Nc3cccc(C(F)(F)F)c3)c(C#N)cnc2c1. The van der Waals surface area contributed by atoms with Gasteiger partial charge in [0, 0.05) is 23.3 Å². The Balaban J connectivity index is 2.10. The summed E-state index contributed by atoms with van der Waals surface area (Å²) in [4.78, 5) is 4.20. The maximum atomic E-state index is 12.9. The fourth-order valence-electron chi connectivity index (χ4n) is 2.44. The number of halogens is 3. The molecular formula is C18H12F3N3O. The summed E-state index contributed by atoms with van der Waals surface area (Å²) in [5.74, 6) is 0.592. The predicted octanol–water partition coefficient (Wildman–Crippen LogP) is 4.88. The number of alkyl halides is 3. The normalized spacial score (nSPS) is 11.2. The summed E-state index contributed by atoms with van der Waals surface area (Å²) in [5.41, 5.74) is 0.656. The fourth-order valence-corrected chi connectivity index (χ4v) is 2.44. The van der Waals surface area contributed by atoms with Crippen LogP contribution in [0.2, 0.25) is 0 Å². The number of ether oxygens (including phenoxy) is 1. The van der Waals surface area contributed by atoms with E-state index in [1.54, 1.807) is 18.2 Å². The van der Waals surface area contributed by atoms with Crippen LogP contribution in [-0.4, -0.2) is 12.1 Å². The van der Waals surface area contributed by atoms with Gasteiger partial charge in [0.15, 0.2) is 0 Å². The summed E-state index contributed by atoms with van der Waals surface area (Å²) in [5, 5.41) is 12.8. The first-order chi connectivity index (χ1) is 11.9. The van der Waals surface area contributed by atoms with E-state index in [1.165, 1.54) is 25.4 Å². The third kappa shape index (κ3) is 3.33. The van der Waals surface area contributed by atoms with Crippen LogP contribution in [0.25, 0.3) is 10.9 Å². The van der Waals surface area contributed by atoms with Gasteiger partial charge in [-0.3, -0.25) is 4.98 Å². The first kappa shape index (κ1) is 16.6. The first-order valence-corrected chi connectivity index (χ1v) is 7.23. The van der Waals surface area contributed by atoms with Gasteiger partial charge in [-0.15, -0.1) is 0 Å². The molecular weight excluding hydrogens is 331 g/mol. The van der Waals surface area contributed by atoms with E-state index in [0.29, 0.717) is 22.3 Å². The van der Waals surface area contributed by atoms with E-state index < -0.39 is 11.7 Å². The molecule has 0 unspecified atom stereocenters. The summed E-state index contributed by atoms with van der Waals surface area (Å²) in [7, 11) is 1.52. The van der Waals surface area contributed by atoms with Crippen molar-refractivity contribution in [1.29, 1.82) is 5.26 Å². The van der Waals surface area contributed by atoms with Crippen LogP contribution in [0.1, 0.15) is 11.1 Å². The Morgan fingerprint density at radius 3 is 2.64 bits per heavy atom. The number of nitrogens with zero attached hydrogens (tertiary/aromatic N) is 2. The molecule has 126 valence electrons. The molecule has 0 aliphatic heterocycles. The number of hydrogen-bond donors (Lipinski definition) is 1. The highest BCUT2D eigenvalue weighted by Gasteiger charge is 2.30. The second kappa shape index (κ2) is 6.32. The average Bonchev–Trinajstić information content (AvgIpc) is 2.61. The maximum Gasteiger partial charge on any atom is 0.416 e. The Morgan fingerprint density at radius 2 is 1.96 bits per heavy atom. The van der Waals surface area contributed by atoms with Crippen molar-refractivity contribution in [3.05, 3.63) is 59.8 Å². The Kier molecular flexibility index (Phi) is 4.19. The van der Waals surface area contributed by atoms with Crippen molar-refractivity contribution in [3.8, 4) is 11.8 Å². The standard InChI is InChI=1S/C18H12F3N3O/c1-25-14-5-6-15-16(8-14)23-10-11(9-22)17(15)24-13-4-2-3-12(7-13)18(19,20)21/h2-8,10H,1H3,(H,23,24). The van der Waals surface area contributed by atoms with Crippen LogP contribution in [0.4, 0.5) is 24.5 Å². The topological polar surface area (TPSA) is 57.9 Å². The Morgan fingerprint density at radius 1 is 1.16 bits per heavy atom. The molecule has 25 heavy (non-hydrogen) atoms. The van der Waals surface area contributed by atoms with Crippen molar-refractivity contribution < 1.29 is 17.9 Å². The number of benzene rings is 2. The average molecular weight is 343 g/mol. The van der Waals surface area contributed by atoms with Gasteiger partial charge in [0.2, 0.25) is 0 Å². The van der Waals surface area contributed by atoms with Crippen molar-refractivity contribution in [1.82, 2.24) is 4.98 Å². The molecule has 0 saturated carbocycles. The van der Waals surface area contributed by atoms with Gasteiger partial charge in [0.1, 0.15) is 11.8 Å². The van der Waals surface area contributed by atoms with Crippen molar-refractivity contribution in [2.24, 2.45) is 0 Å². The minimum absolute atomic E-state index is 0.231. The second-order valence-corrected chi connectivity index (χ2v) is 5.25. The molecule has 1 N–H and O–H groups in total. The molecule has 1 heterocycles. The lowest BCUT2D eigenvalue weighted by molar-refractivity contribution is -0.137. The molecule has 0 aliphatic carbocycles. The van der Waals surface area contributed by atoms with Crippen molar-refractivity contribution in [2.75, 3.05) is 12.4 Å². The predicted molar refractivity (Wildman–Crippen MR) is 87.7 cm³/mol. The van der Waals surface area contributed by atoms with Gasteiger partial charge in [0.25, 0.3) is 0 Å². The third-order valence-electron chi connectivity index (χ3n) is 3.66. The summed E-state index contributed by atoms with van der Waals surface area (Å²) in [6, 6.07) is 11.9. The van der Waals surface area contributed by atoms with Crippen LogP contribution in [0.3, 0.4) is 0 Å². The third-order valence-corrected chi connectivity index (χ3v) is 3.66. The van der Waals surface area contributed by atoms with Crippen LogP contribution in [-0.2, 0) is 6.18 Å². The van der Waals surface area contributed by atoms with Crippen LogP contribution >= 0.6 is 0 Å². The molecule has 0 spiro atoms. The zero-order valence-corrected chi connectivity index (χ0v) is 13.1. The first-order valence-electron chi connectivity index (χ1n) is 7.23. The molecule has 7 heteroatoms. The summed E-state index contributed by atoms with van der Waals surface area (Å²) in [6.07, 6.45) is -3.07. The van der Waals surface area contributed by atoms with E-state index in [2.05, 4.69) is 10.3 Å². The van der Waals surface area contributed by atoms with Crippen LogP contribution in [0.15, 0.2) is 48.7 Å². The molecule has 0 fully saturated rings. The van der Waals surface area contributed by atoms with Crippen molar-refractivity contribution in [3.63, 3.8) is 0 Å². The van der Waals surface area contributed by atoms with Crippen LogP contribution < -0.4 is 10.1 Å². The Labute approximate surface area is 141 Å². The Hall–Kier alpha value is -3.27. The minimum Gasteiger partial charge on any atom is -0.497 e. The van der Waals surface area contributed by atoms with E-state index in [9.17, 15) is 18.4 Å². The molecule has 0 bridgehead atoms. The molecule has 1 aromatic heterocycles. The number of hydrogen-bond acceptors (Lipinski definition) is 4. The molecule has 3 aromatic rings. The number of rotatable bonds is 3. The van der Waals surface area contributed by atoms with Crippen LogP contribution in [0, 0.1) is 11.3 Å². The van der Waals surface area contributed by atoms with E-state index in [1.807, 2.05) is 6.07 Å². The van der Waals surface area contributed by atoms with Gasteiger partial charge in [0.05, 0.1) is 29.4 Å². The lowest BCUT2D eigenvalue weighted by Crippen LogP contribution is -2.05. The fraction of sp³-hybridized carbons (Fsp3) is 0.111. The summed E-state index contributed by atoms with van der Waals surface area (Å²) in [6.45, 7) is 0. The molecule has 3 rings (SSSR count). The smallest absolute Gasteiger partial charge is 0.416 e. The highest BCUT2D eigenvalue weighted by molar-refractivity contribution is 5.96. The monoisotopic (exact) mass is 343 g/mol.